The SMILES string of the molecule is O=S(=O)(c1cc(Cl)ccc1Cl)N1C[C@@H]2CCCN[C@@H]2C1. The highest BCUT2D eigenvalue weighted by Crippen LogP contribution is 2.33. The summed E-state index contributed by atoms with van der Waals surface area (Å²) < 4.78 is 26.9. The van der Waals surface area contributed by atoms with Gasteiger partial charge in [-0.1, -0.05) is 23.2 Å². The Labute approximate surface area is 129 Å². The first kappa shape index (κ1) is 14.6. The number of piperidine rings is 1. The molecule has 20 heavy (non-hydrogen) atoms. The van der Waals surface area contributed by atoms with Crippen LogP contribution in [0, 0.1) is 5.92 Å². The molecular formula is C13H16Cl2N2O2S. The Kier molecular flexibility index (Phi) is 3.99. The van der Waals surface area contributed by atoms with E-state index in [1.165, 1.54) is 16.4 Å². The van der Waals surface area contributed by atoms with E-state index < -0.39 is 10.0 Å². The van der Waals surface area contributed by atoms with Crippen molar-refractivity contribution >= 4 is 33.2 Å². The molecule has 1 N–H and O–H groups in total. The summed E-state index contributed by atoms with van der Waals surface area (Å²) in [6.07, 6.45) is 2.18. The van der Waals surface area contributed by atoms with Crippen molar-refractivity contribution in [3.63, 3.8) is 0 Å². The van der Waals surface area contributed by atoms with Crippen molar-refractivity contribution in [3.05, 3.63) is 28.2 Å². The Morgan fingerprint density at radius 2 is 2.05 bits per heavy atom. The first-order chi connectivity index (χ1) is 9.48. The molecule has 2 aliphatic rings. The highest BCUT2D eigenvalue weighted by molar-refractivity contribution is 7.89. The predicted octanol–water partition coefficient (Wildman–Crippen LogP) is 2.37. The van der Waals surface area contributed by atoms with Crippen LogP contribution in [0.5, 0.6) is 0 Å². The molecule has 7 heteroatoms. The standard InChI is InChI=1S/C13H16Cl2N2O2S/c14-10-3-4-11(15)13(6-10)20(18,19)17-7-9-2-1-5-16-12(9)8-17/h3-4,6,9,12,16H,1-2,5,7-8H2/t9-,12+/m0/s1. The van der Waals surface area contributed by atoms with Gasteiger partial charge in [-0.15, -0.1) is 0 Å². The lowest BCUT2D eigenvalue weighted by molar-refractivity contribution is 0.339. The quantitative estimate of drug-likeness (QED) is 0.903. The van der Waals surface area contributed by atoms with E-state index in [-0.39, 0.29) is 16.0 Å². The average Bonchev–Trinajstić information content (AvgIpc) is 2.86. The second-order valence-corrected chi connectivity index (χ2v) is 8.11. The fraction of sp³-hybridized carbons (Fsp3) is 0.538. The highest BCUT2D eigenvalue weighted by atomic mass is 35.5. The summed E-state index contributed by atoms with van der Waals surface area (Å²) >= 11 is 11.9. The number of sulfonamides is 1. The minimum absolute atomic E-state index is 0.102. The number of benzene rings is 1. The van der Waals surface area contributed by atoms with Gasteiger partial charge in [0.2, 0.25) is 10.0 Å². The Hall–Kier alpha value is -0.330. The molecule has 2 atom stereocenters. The smallest absolute Gasteiger partial charge is 0.244 e. The van der Waals surface area contributed by atoms with Crippen molar-refractivity contribution in [2.24, 2.45) is 5.92 Å². The van der Waals surface area contributed by atoms with Gasteiger partial charge in [0.05, 0.1) is 5.02 Å². The zero-order valence-electron chi connectivity index (χ0n) is 10.9. The van der Waals surface area contributed by atoms with Gasteiger partial charge in [-0.3, -0.25) is 0 Å². The van der Waals surface area contributed by atoms with Crippen LogP contribution >= 0.6 is 23.2 Å². The Balaban J connectivity index is 1.91. The molecule has 2 fully saturated rings. The molecule has 0 aliphatic carbocycles. The van der Waals surface area contributed by atoms with Gasteiger partial charge in [-0.2, -0.15) is 4.31 Å². The zero-order chi connectivity index (χ0) is 14.3. The number of halogens is 2. The maximum absolute atomic E-state index is 12.7. The Morgan fingerprint density at radius 3 is 2.80 bits per heavy atom. The van der Waals surface area contributed by atoms with Crippen LogP contribution in [0.3, 0.4) is 0 Å². The number of hydrogen-bond donors (Lipinski definition) is 1. The summed E-state index contributed by atoms with van der Waals surface area (Å²) in [5, 5.41) is 3.99. The van der Waals surface area contributed by atoms with Gasteiger partial charge in [0.25, 0.3) is 0 Å². The van der Waals surface area contributed by atoms with Gasteiger partial charge < -0.3 is 5.32 Å². The van der Waals surface area contributed by atoms with Gasteiger partial charge in [0, 0.05) is 24.2 Å². The lowest BCUT2D eigenvalue weighted by Gasteiger charge is -2.24. The van der Waals surface area contributed by atoms with Crippen LogP contribution in [0.15, 0.2) is 23.1 Å². The van der Waals surface area contributed by atoms with E-state index in [9.17, 15) is 8.42 Å². The molecule has 0 radical (unpaired) electrons. The van der Waals surface area contributed by atoms with E-state index in [4.69, 9.17) is 23.2 Å². The third-order valence-corrected chi connectivity index (χ3v) is 6.63. The first-order valence-corrected chi connectivity index (χ1v) is 8.86. The summed E-state index contributed by atoms with van der Waals surface area (Å²) in [5.74, 6) is 0.400. The number of rotatable bonds is 2. The van der Waals surface area contributed by atoms with E-state index in [2.05, 4.69) is 5.32 Å². The van der Waals surface area contributed by atoms with Crippen LogP contribution in [0.25, 0.3) is 0 Å². The maximum atomic E-state index is 12.7. The van der Waals surface area contributed by atoms with Crippen molar-refractivity contribution in [2.75, 3.05) is 19.6 Å². The topological polar surface area (TPSA) is 49.4 Å². The predicted molar refractivity (Wildman–Crippen MR) is 79.7 cm³/mol. The van der Waals surface area contributed by atoms with Crippen LogP contribution in [0.1, 0.15) is 12.8 Å². The molecule has 110 valence electrons. The monoisotopic (exact) mass is 334 g/mol. The Morgan fingerprint density at radius 1 is 1.25 bits per heavy atom. The largest absolute Gasteiger partial charge is 0.312 e. The lowest BCUT2D eigenvalue weighted by atomic mass is 9.94. The van der Waals surface area contributed by atoms with E-state index in [0.717, 1.165) is 19.4 Å². The summed E-state index contributed by atoms with van der Waals surface area (Å²) in [7, 11) is -3.57. The molecule has 0 aromatic heterocycles. The van der Waals surface area contributed by atoms with E-state index in [1.807, 2.05) is 0 Å². The van der Waals surface area contributed by atoms with E-state index in [1.54, 1.807) is 6.07 Å². The molecule has 0 bridgehead atoms. The van der Waals surface area contributed by atoms with Crippen LogP contribution < -0.4 is 5.32 Å². The molecule has 1 aromatic carbocycles. The van der Waals surface area contributed by atoms with Gasteiger partial charge in [0.15, 0.2) is 0 Å². The van der Waals surface area contributed by atoms with Gasteiger partial charge in [-0.05, 0) is 43.5 Å². The van der Waals surface area contributed by atoms with Crippen LogP contribution in [0.2, 0.25) is 10.0 Å². The van der Waals surface area contributed by atoms with Crippen molar-refractivity contribution in [2.45, 2.75) is 23.8 Å². The normalized spacial score (nSPS) is 27.5. The minimum Gasteiger partial charge on any atom is -0.312 e. The molecule has 1 aromatic rings. The molecule has 2 saturated heterocycles. The van der Waals surface area contributed by atoms with Crippen LogP contribution in [0.4, 0.5) is 0 Å². The highest BCUT2D eigenvalue weighted by Gasteiger charge is 2.40. The van der Waals surface area contributed by atoms with E-state index in [0.29, 0.717) is 24.0 Å². The Bertz CT molecular complexity index is 607. The van der Waals surface area contributed by atoms with Crippen molar-refractivity contribution in [1.82, 2.24) is 9.62 Å². The third-order valence-electron chi connectivity index (χ3n) is 4.08. The molecular weight excluding hydrogens is 319 g/mol. The number of nitrogens with one attached hydrogen (secondary N) is 1. The van der Waals surface area contributed by atoms with Gasteiger partial charge in [-0.25, -0.2) is 8.42 Å². The van der Waals surface area contributed by atoms with Crippen LogP contribution in [-0.4, -0.2) is 38.4 Å². The molecule has 0 saturated carbocycles. The molecule has 2 heterocycles. The van der Waals surface area contributed by atoms with E-state index >= 15 is 0 Å². The summed E-state index contributed by atoms with van der Waals surface area (Å²) in [6, 6.07) is 4.80. The first-order valence-electron chi connectivity index (χ1n) is 6.67. The van der Waals surface area contributed by atoms with Crippen molar-refractivity contribution in [3.8, 4) is 0 Å². The molecule has 0 spiro atoms. The summed E-state index contributed by atoms with van der Waals surface area (Å²) in [5.41, 5.74) is 0. The second-order valence-electron chi connectivity index (χ2n) is 5.36. The van der Waals surface area contributed by atoms with Crippen molar-refractivity contribution < 1.29 is 8.42 Å². The number of hydrogen-bond acceptors (Lipinski definition) is 3. The fourth-order valence-electron chi connectivity index (χ4n) is 3.02. The van der Waals surface area contributed by atoms with Gasteiger partial charge >= 0.3 is 0 Å². The molecule has 2 aliphatic heterocycles. The molecule has 0 amide bonds. The molecule has 4 nitrogen and oxygen atoms in total. The number of fused-ring (bicyclic) bond motifs is 1. The van der Waals surface area contributed by atoms with Crippen LogP contribution in [-0.2, 0) is 10.0 Å². The average molecular weight is 335 g/mol. The summed E-state index contributed by atoms with van der Waals surface area (Å²) in [4.78, 5) is 0.102. The third kappa shape index (κ3) is 2.57. The molecule has 3 rings (SSSR count). The maximum Gasteiger partial charge on any atom is 0.244 e. The lowest BCUT2D eigenvalue weighted by Crippen LogP contribution is -2.41. The van der Waals surface area contributed by atoms with Gasteiger partial charge in [0.1, 0.15) is 4.90 Å². The second kappa shape index (κ2) is 5.46. The van der Waals surface area contributed by atoms with Crippen molar-refractivity contribution in [1.29, 1.82) is 0 Å². The zero-order valence-corrected chi connectivity index (χ0v) is 13.2. The summed E-state index contributed by atoms with van der Waals surface area (Å²) in [6.45, 7) is 2.03. The number of nitrogens with zero attached hydrogens (tertiary/aromatic N) is 1. The minimum atomic E-state index is -3.57. The molecule has 0 unspecified atom stereocenters. The fourth-order valence-corrected chi connectivity index (χ4v) is 5.28.